The predicted molar refractivity (Wildman–Crippen MR) is 105 cm³/mol. The van der Waals surface area contributed by atoms with Crippen molar-refractivity contribution < 1.29 is 14.3 Å². The number of carbonyl (C=O) groups excluding carboxylic acids is 1. The second-order valence-corrected chi connectivity index (χ2v) is 6.91. The van der Waals surface area contributed by atoms with Gasteiger partial charge in [-0.05, 0) is 58.6 Å². The molecule has 1 N–H and O–H groups in total. The van der Waals surface area contributed by atoms with Crippen LogP contribution < -0.4 is 14.8 Å². The molecule has 0 aliphatic carbocycles. The van der Waals surface area contributed by atoms with Crippen LogP contribution in [0.5, 0.6) is 11.5 Å². The number of hydrogen-bond acceptors (Lipinski definition) is 3. The molecule has 0 saturated heterocycles. The van der Waals surface area contributed by atoms with E-state index in [1.807, 2.05) is 25.1 Å². The van der Waals surface area contributed by atoms with Gasteiger partial charge in [-0.25, -0.2) is 0 Å². The van der Waals surface area contributed by atoms with Gasteiger partial charge in [0.05, 0.1) is 17.3 Å². The largest absolute Gasteiger partial charge is 0.495 e. The zero-order valence-corrected chi connectivity index (χ0v) is 16.8. The first-order valence-corrected chi connectivity index (χ1v) is 9.17. The maximum Gasteiger partial charge on any atom is 0.262 e. The van der Waals surface area contributed by atoms with E-state index in [-0.39, 0.29) is 12.5 Å². The van der Waals surface area contributed by atoms with Gasteiger partial charge in [-0.15, -0.1) is 0 Å². The average Bonchev–Trinajstić information content (AvgIpc) is 2.57. The number of aryl methyl sites for hydroxylation is 2. The van der Waals surface area contributed by atoms with Crippen molar-refractivity contribution in [2.45, 2.75) is 26.7 Å². The summed E-state index contributed by atoms with van der Waals surface area (Å²) in [7, 11) is 1.53. The van der Waals surface area contributed by atoms with E-state index in [4.69, 9.17) is 21.1 Å². The Morgan fingerprint density at radius 3 is 2.64 bits per heavy atom. The van der Waals surface area contributed by atoms with Crippen molar-refractivity contribution in [1.82, 2.24) is 0 Å². The van der Waals surface area contributed by atoms with E-state index in [1.165, 1.54) is 12.7 Å². The van der Waals surface area contributed by atoms with Gasteiger partial charge < -0.3 is 14.8 Å². The summed E-state index contributed by atoms with van der Waals surface area (Å²) in [5.74, 6) is 0.868. The molecule has 2 aromatic rings. The lowest BCUT2D eigenvalue weighted by molar-refractivity contribution is -0.118. The number of methoxy groups -OCH3 is 1. The van der Waals surface area contributed by atoms with E-state index in [0.717, 1.165) is 22.9 Å². The Morgan fingerprint density at radius 2 is 2.00 bits per heavy atom. The van der Waals surface area contributed by atoms with Crippen LogP contribution in [0.1, 0.15) is 24.5 Å². The maximum atomic E-state index is 12.2. The molecule has 0 aliphatic heterocycles. The third-order valence-electron chi connectivity index (χ3n) is 3.65. The monoisotopic (exact) mass is 425 g/mol. The third kappa shape index (κ3) is 5.38. The van der Waals surface area contributed by atoms with Gasteiger partial charge >= 0.3 is 0 Å². The van der Waals surface area contributed by atoms with Gasteiger partial charge in [0.1, 0.15) is 11.5 Å². The van der Waals surface area contributed by atoms with Crippen LogP contribution in [-0.4, -0.2) is 19.6 Å². The summed E-state index contributed by atoms with van der Waals surface area (Å²) in [6.45, 7) is 3.90. The van der Waals surface area contributed by atoms with Crippen molar-refractivity contribution in [3.63, 3.8) is 0 Å². The third-order valence-corrected chi connectivity index (χ3v) is 4.68. The van der Waals surface area contributed by atoms with Gasteiger partial charge in [-0.1, -0.05) is 31.0 Å². The van der Waals surface area contributed by atoms with Crippen molar-refractivity contribution in [3.05, 3.63) is 51.0 Å². The van der Waals surface area contributed by atoms with Crippen LogP contribution in [0.3, 0.4) is 0 Å². The van der Waals surface area contributed by atoms with E-state index < -0.39 is 0 Å². The number of halogens is 2. The maximum absolute atomic E-state index is 12.2. The molecule has 134 valence electrons. The Bertz CT molecular complexity index is 765. The standard InChI is InChI=1S/C19H21BrClNO3/c1-4-5-13-6-7-17(14(20)9-13)25-11-19(23)22-16-8-12(2)15(21)10-18(16)24-3/h6-10H,4-5,11H2,1-3H3,(H,22,23). The number of ether oxygens (including phenoxy) is 2. The fraction of sp³-hybridized carbons (Fsp3) is 0.316. The first kappa shape index (κ1) is 19.6. The number of anilines is 1. The molecule has 0 aliphatic rings. The molecular formula is C19H21BrClNO3. The van der Waals surface area contributed by atoms with Crippen molar-refractivity contribution in [1.29, 1.82) is 0 Å². The lowest BCUT2D eigenvalue weighted by Crippen LogP contribution is -2.20. The van der Waals surface area contributed by atoms with Crippen LogP contribution in [0.25, 0.3) is 0 Å². The normalized spacial score (nSPS) is 10.4. The first-order valence-electron chi connectivity index (χ1n) is 7.99. The minimum atomic E-state index is -0.274. The molecule has 0 saturated carbocycles. The highest BCUT2D eigenvalue weighted by Crippen LogP contribution is 2.31. The zero-order valence-electron chi connectivity index (χ0n) is 14.5. The molecule has 4 nitrogen and oxygen atoms in total. The molecule has 0 spiro atoms. The number of nitrogens with one attached hydrogen (secondary N) is 1. The molecule has 2 rings (SSSR count). The Labute approximate surface area is 161 Å². The summed E-state index contributed by atoms with van der Waals surface area (Å²) >= 11 is 9.56. The van der Waals surface area contributed by atoms with Crippen LogP contribution in [-0.2, 0) is 11.2 Å². The van der Waals surface area contributed by atoms with Gasteiger partial charge in [-0.2, -0.15) is 0 Å². The summed E-state index contributed by atoms with van der Waals surface area (Å²) in [5, 5.41) is 3.37. The quantitative estimate of drug-likeness (QED) is 0.646. The molecule has 25 heavy (non-hydrogen) atoms. The van der Waals surface area contributed by atoms with E-state index in [1.54, 1.807) is 12.1 Å². The van der Waals surface area contributed by atoms with Crippen molar-refractivity contribution >= 4 is 39.1 Å². The predicted octanol–water partition coefficient (Wildman–Crippen LogP) is 5.39. The number of amides is 1. The molecule has 0 radical (unpaired) electrons. The minimum absolute atomic E-state index is 0.101. The highest BCUT2D eigenvalue weighted by molar-refractivity contribution is 9.10. The fourth-order valence-corrected chi connectivity index (χ4v) is 3.06. The van der Waals surface area contributed by atoms with Crippen LogP contribution in [0.15, 0.2) is 34.8 Å². The Morgan fingerprint density at radius 1 is 1.24 bits per heavy atom. The van der Waals surface area contributed by atoms with E-state index in [9.17, 15) is 4.79 Å². The summed E-state index contributed by atoms with van der Waals surface area (Å²) in [6.07, 6.45) is 2.09. The van der Waals surface area contributed by atoms with E-state index >= 15 is 0 Å². The van der Waals surface area contributed by atoms with Gasteiger partial charge in [0.25, 0.3) is 5.91 Å². The van der Waals surface area contributed by atoms with Gasteiger partial charge in [0.2, 0.25) is 0 Å². The van der Waals surface area contributed by atoms with Crippen molar-refractivity contribution in [2.75, 3.05) is 19.0 Å². The average molecular weight is 427 g/mol. The topological polar surface area (TPSA) is 47.6 Å². The molecule has 1 amide bonds. The highest BCUT2D eigenvalue weighted by Gasteiger charge is 2.12. The molecule has 2 aromatic carbocycles. The summed E-state index contributed by atoms with van der Waals surface area (Å²) < 4.78 is 11.7. The molecular weight excluding hydrogens is 406 g/mol. The van der Waals surface area contributed by atoms with Gasteiger partial charge in [0.15, 0.2) is 6.61 Å². The van der Waals surface area contributed by atoms with Gasteiger partial charge in [-0.3, -0.25) is 4.79 Å². The van der Waals surface area contributed by atoms with Crippen LogP contribution in [0, 0.1) is 6.92 Å². The lowest BCUT2D eigenvalue weighted by Gasteiger charge is -2.13. The van der Waals surface area contributed by atoms with Crippen LogP contribution in [0.4, 0.5) is 5.69 Å². The summed E-state index contributed by atoms with van der Waals surface area (Å²) in [6, 6.07) is 9.34. The van der Waals surface area contributed by atoms with E-state index in [0.29, 0.717) is 22.2 Å². The fourth-order valence-electron chi connectivity index (χ4n) is 2.36. The molecule has 0 atom stereocenters. The first-order chi connectivity index (χ1) is 11.9. The molecule has 0 aromatic heterocycles. The molecule has 0 fully saturated rings. The molecule has 0 heterocycles. The highest BCUT2D eigenvalue weighted by atomic mass is 79.9. The van der Waals surface area contributed by atoms with Crippen LogP contribution in [0.2, 0.25) is 5.02 Å². The summed E-state index contributed by atoms with van der Waals surface area (Å²) in [5.41, 5.74) is 2.65. The number of carbonyl (C=O) groups is 1. The number of rotatable bonds is 7. The second kappa shape index (κ2) is 9.11. The van der Waals surface area contributed by atoms with Crippen molar-refractivity contribution in [2.24, 2.45) is 0 Å². The van der Waals surface area contributed by atoms with Crippen LogP contribution >= 0.6 is 27.5 Å². The number of benzene rings is 2. The Kier molecular flexibility index (Phi) is 7.14. The summed E-state index contributed by atoms with van der Waals surface area (Å²) in [4.78, 5) is 12.2. The van der Waals surface area contributed by atoms with Crippen molar-refractivity contribution in [3.8, 4) is 11.5 Å². The second-order valence-electron chi connectivity index (χ2n) is 5.65. The number of hydrogen-bond donors (Lipinski definition) is 1. The smallest absolute Gasteiger partial charge is 0.262 e. The molecule has 0 unspecified atom stereocenters. The lowest BCUT2D eigenvalue weighted by atomic mass is 10.1. The zero-order chi connectivity index (χ0) is 18.4. The van der Waals surface area contributed by atoms with Gasteiger partial charge in [0, 0.05) is 11.1 Å². The Hall–Kier alpha value is -1.72. The molecule has 0 bridgehead atoms. The Balaban J connectivity index is 2.01. The SMILES string of the molecule is CCCc1ccc(OCC(=O)Nc2cc(C)c(Cl)cc2OC)c(Br)c1. The van der Waals surface area contributed by atoms with E-state index in [2.05, 4.69) is 28.2 Å². The minimum Gasteiger partial charge on any atom is -0.495 e. The molecule has 6 heteroatoms.